The van der Waals surface area contributed by atoms with Gasteiger partial charge in [0.2, 0.25) is 0 Å². The minimum atomic E-state index is -0.510. The van der Waals surface area contributed by atoms with E-state index >= 15 is 0 Å². The molecule has 1 aliphatic rings. The van der Waals surface area contributed by atoms with Crippen molar-refractivity contribution in [1.29, 1.82) is 0 Å². The van der Waals surface area contributed by atoms with Crippen LogP contribution in [0.2, 0.25) is 0 Å². The zero-order valence-electron chi connectivity index (χ0n) is 18.0. The van der Waals surface area contributed by atoms with Crippen LogP contribution >= 0.6 is 0 Å². The number of hydrogen-bond donors (Lipinski definition) is 1. The van der Waals surface area contributed by atoms with Crippen molar-refractivity contribution in [3.05, 3.63) is 75.0 Å². The van der Waals surface area contributed by atoms with Crippen LogP contribution in [0.25, 0.3) is 5.57 Å². The first-order valence-electron chi connectivity index (χ1n) is 9.99. The predicted molar refractivity (Wildman–Crippen MR) is 117 cm³/mol. The van der Waals surface area contributed by atoms with Crippen LogP contribution in [-0.2, 0) is 14.3 Å². The van der Waals surface area contributed by atoms with E-state index < -0.39 is 16.7 Å². The first-order chi connectivity index (χ1) is 14.7. The highest BCUT2D eigenvalue weighted by molar-refractivity contribution is 6.36. The van der Waals surface area contributed by atoms with Crippen molar-refractivity contribution in [2.45, 2.75) is 33.8 Å². The van der Waals surface area contributed by atoms with Crippen LogP contribution < -0.4 is 5.32 Å². The lowest BCUT2D eigenvalue weighted by molar-refractivity contribution is -0.384. The van der Waals surface area contributed by atoms with Gasteiger partial charge in [0.15, 0.2) is 0 Å². The highest BCUT2D eigenvalue weighted by atomic mass is 16.6. The van der Waals surface area contributed by atoms with E-state index in [9.17, 15) is 19.7 Å². The summed E-state index contributed by atoms with van der Waals surface area (Å²) in [5, 5.41) is 14.1. The van der Waals surface area contributed by atoms with Gasteiger partial charge in [0.25, 0.3) is 17.5 Å². The Bertz CT molecular complexity index is 1040. The second kappa shape index (κ2) is 9.09. The van der Waals surface area contributed by atoms with E-state index in [0.29, 0.717) is 11.3 Å². The molecule has 3 rings (SSSR count). The van der Waals surface area contributed by atoms with Crippen LogP contribution in [0.3, 0.4) is 0 Å². The number of hydrogen-bond acceptors (Lipinski definition) is 6. The number of non-ortho nitro benzene ring substituents is 1. The second-order valence-electron chi connectivity index (χ2n) is 7.74. The Hall–Kier alpha value is -3.52. The smallest absolute Gasteiger partial charge is 0.278 e. The number of carbonyl (C=O) groups is 2. The molecule has 162 valence electrons. The number of imide groups is 1. The highest BCUT2D eigenvalue weighted by Gasteiger charge is 2.39. The summed E-state index contributed by atoms with van der Waals surface area (Å²) in [6.45, 7) is 7.98. The molecular weight excluding hydrogens is 398 g/mol. The summed E-state index contributed by atoms with van der Waals surface area (Å²) in [4.78, 5) is 37.9. The number of nitrogens with zero attached hydrogens (tertiary/aromatic N) is 2. The molecule has 0 atom stereocenters. The van der Waals surface area contributed by atoms with Gasteiger partial charge in [0.1, 0.15) is 5.70 Å². The van der Waals surface area contributed by atoms with Gasteiger partial charge >= 0.3 is 0 Å². The molecule has 2 aromatic carbocycles. The molecule has 0 saturated carbocycles. The minimum Gasteiger partial charge on any atom is -0.377 e. The molecule has 0 bridgehead atoms. The van der Waals surface area contributed by atoms with Crippen molar-refractivity contribution in [2.75, 3.05) is 18.5 Å². The van der Waals surface area contributed by atoms with E-state index in [-0.39, 0.29) is 36.2 Å². The van der Waals surface area contributed by atoms with E-state index in [4.69, 9.17) is 4.74 Å². The number of rotatable bonds is 8. The van der Waals surface area contributed by atoms with Gasteiger partial charge < -0.3 is 10.1 Å². The summed E-state index contributed by atoms with van der Waals surface area (Å²) in [6.07, 6.45) is -0.0252. The minimum absolute atomic E-state index is 0.0252. The molecule has 0 aliphatic carbocycles. The first kappa shape index (κ1) is 22.2. The fraction of sp³-hybridized carbons (Fsp3) is 0.304. The number of amides is 2. The van der Waals surface area contributed by atoms with Gasteiger partial charge in [-0.1, -0.05) is 6.07 Å². The highest BCUT2D eigenvalue weighted by Crippen LogP contribution is 2.31. The van der Waals surface area contributed by atoms with E-state index in [1.165, 1.54) is 24.3 Å². The van der Waals surface area contributed by atoms with Crippen molar-refractivity contribution in [2.24, 2.45) is 0 Å². The normalized spacial score (nSPS) is 14.0. The van der Waals surface area contributed by atoms with Crippen LogP contribution in [0.5, 0.6) is 0 Å². The van der Waals surface area contributed by atoms with Crippen LogP contribution in [0.4, 0.5) is 11.4 Å². The third-order valence-electron chi connectivity index (χ3n) is 4.79. The molecule has 0 saturated heterocycles. The zero-order chi connectivity index (χ0) is 22.7. The van der Waals surface area contributed by atoms with E-state index in [0.717, 1.165) is 16.0 Å². The molecule has 8 heteroatoms. The molecule has 1 N–H and O–H groups in total. The molecule has 0 spiro atoms. The van der Waals surface area contributed by atoms with Crippen molar-refractivity contribution < 1.29 is 19.2 Å². The molecule has 0 unspecified atom stereocenters. The first-order valence-corrected chi connectivity index (χ1v) is 9.99. The topological polar surface area (TPSA) is 102 Å². The summed E-state index contributed by atoms with van der Waals surface area (Å²) >= 11 is 0. The molecule has 31 heavy (non-hydrogen) atoms. The molecule has 0 radical (unpaired) electrons. The van der Waals surface area contributed by atoms with Crippen LogP contribution in [-0.4, -0.2) is 40.9 Å². The number of ether oxygens (including phenoxy) is 1. The summed E-state index contributed by atoms with van der Waals surface area (Å²) in [6, 6.07) is 11.4. The number of carbonyl (C=O) groups excluding carboxylic acids is 2. The Balaban J connectivity index is 2.00. The number of anilines is 1. The lowest BCUT2D eigenvalue weighted by Crippen LogP contribution is -2.35. The number of nitrogens with one attached hydrogen (secondary N) is 1. The molecule has 0 fully saturated rings. The Morgan fingerprint density at radius 3 is 2.19 bits per heavy atom. The average molecular weight is 423 g/mol. The Morgan fingerprint density at radius 2 is 1.65 bits per heavy atom. The SMILES string of the molecule is Cc1cc(C)cc(NC2=C(c3ccc([N+](=O)[O-])cc3)C(=O)N(CCOC(C)C)C2=O)c1. The zero-order valence-corrected chi connectivity index (χ0v) is 18.0. The maximum absolute atomic E-state index is 13.2. The molecule has 1 aliphatic heterocycles. The predicted octanol–water partition coefficient (Wildman–Crippen LogP) is 3.83. The summed E-state index contributed by atoms with van der Waals surface area (Å²) in [7, 11) is 0. The van der Waals surface area contributed by atoms with Crippen molar-refractivity contribution in [3.63, 3.8) is 0 Å². The maximum atomic E-state index is 13.2. The summed E-state index contributed by atoms with van der Waals surface area (Å²) in [5.41, 5.74) is 3.39. The van der Waals surface area contributed by atoms with Gasteiger partial charge in [-0.2, -0.15) is 0 Å². The van der Waals surface area contributed by atoms with Gasteiger partial charge in [-0.3, -0.25) is 24.6 Å². The Labute approximate surface area is 180 Å². The maximum Gasteiger partial charge on any atom is 0.278 e. The molecule has 2 amide bonds. The van der Waals surface area contributed by atoms with Crippen molar-refractivity contribution >= 4 is 28.8 Å². The van der Waals surface area contributed by atoms with Gasteiger partial charge in [0.05, 0.1) is 29.8 Å². The monoisotopic (exact) mass is 423 g/mol. The van der Waals surface area contributed by atoms with E-state index in [1.807, 2.05) is 45.9 Å². The quantitative estimate of drug-likeness (QED) is 0.393. The number of aryl methyl sites for hydroxylation is 2. The second-order valence-corrected chi connectivity index (χ2v) is 7.74. The van der Waals surface area contributed by atoms with E-state index in [1.54, 1.807) is 0 Å². The lowest BCUT2D eigenvalue weighted by atomic mass is 10.0. The van der Waals surface area contributed by atoms with Crippen LogP contribution in [0.15, 0.2) is 48.2 Å². The fourth-order valence-electron chi connectivity index (χ4n) is 3.48. The van der Waals surface area contributed by atoms with Gasteiger partial charge in [-0.25, -0.2) is 0 Å². The van der Waals surface area contributed by atoms with Crippen molar-refractivity contribution in [3.8, 4) is 0 Å². The van der Waals surface area contributed by atoms with Gasteiger partial charge in [0, 0.05) is 17.8 Å². The lowest BCUT2D eigenvalue weighted by Gasteiger charge is -2.16. The molecule has 0 aromatic heterocycles. The van der Waals surface area contributed by atoms with Gasteiger partial charge in [-0.05, 0) is 68.7 Å². The third kappa shape index (κ3) is 4.97. The van der Waals surface area contributed by atoms with Gasteiger partial charge in [-0.15, -0.1) is 0 Å². The standard InChI is InChI=1S/C23H25N3O5/c1-14(2)31-10-9-25-22(27)20(17-5-7-19(8-6-17)26(29)30)21(23(25)28)24-18-12-15(3)11-16(4)13-18/h5-8,11-14,24H,9-10H2,1-4H3. The number of benzene rings is 2. The van der Waals surface area contributed by atoms with Crippen LogP contribution in [0, 0.1) is 24.0 Å². The molecule has 2 aromatic rings. The number of nitro groups is 1. The summed E-state index contributed by atoms with van der Waals surface area (Å²) < 4.78 is 5.51. The van der Waals surface area contributed by atoms with E-state index in [2.05, 4.69) is 5.32 Å². The Kier molecular flexibility index (Phi) is 6.50. The summed E-state index contributed by atoms with van der Waals surface area (Å²) in [5.74, 6) is -0.914. The Morgan fingerprint density at radius 1 is 1.03 bits per heavy atom. The third-order valence-corrected chi connectivity index (χ3v) is 4.79. The largest absolute Gasteiger partial charge is 0.377 e. The number of nitro benzene ring substituents is 1. The fourth-order valence-corrected chi connectivity index (χ4v) is 3.48. The average Bonchev–Trinajstić information content (AvgIpc) is 2.91. The molecule has 8 nitrogen and oxygen atoms in total. The van der Waals surface area contributed by atoms with Crippen LogP contribution in [0.1, 0.15) is 30.5 Å². The van der Waals surface area contributed by atoms with Crippen molar-refractivity contribution in [1.82, 2.24) is 4.90 Å². The molecule has 1 heterocycles. The molecular formula is C23H25N3O5.